The first-order valence-electron chi connectivity index (χ1n) is 9.28. The first-order valence-corrected chi connectivity index (χ1v) is 9.28. The first-order chi connectivity index (χ1) is 14.0. The van der Waals surface area contributed by atoms with E-state index in [9.17, 15) is 14.4 Å². The smallest absolute Gasteiger partial charge is 0.290 e. The maximum atomic E-state index is 12.9. The summed E-state index contributed by atoms with van der Waals surface area (Å²) in [6.07, 6.45) is 0.644. The third kappa shape index (κ3) is 4.63. The Morgan fingerprint density at radius 3 is 2.59 bits per heavy atom. The van der Waals surface area contributed by atoms with Crippen LogP contribution in [0.25, 0.3) is 11.0 Å². The molecule has 150 valence electrons. The maximum absolute atomic E-state index is 12.9. The van der Waals surface area contributed by atoms with Crippen LogP contribution in [-0.4, -0.2) is 36.9 Å². The Kier molecular flexibility index (Phi) is 6.29. The number of rotatable bonds is 7. The van der Waals surface area contributed by atoms with Crippen LogP contribution in [0.15, 0.2) is 63.8 Å². The molecule has 0 fully saturated rings. The highest BCUT2D eigenvalue weighted by molar-refractivity contribution is 5.99. The fourth-order valence-electron chi connectivity index (χ4n) is 3.00. The van der Waals surface area contributed by atoms with E-state index in [1.165, 1.54) is 18.1 Å². The molecule has 0 bridgehead atoms. The van der Waals surface area contributed by atoms with Crippen molar-refractivity contribution in [3.05, 3.63) is 70.6 Å². The summed E-state index contributed by atoms with van der Waals surface area (Å²) >= 11 is 0. The molecule has 1 N–H and O–H groups in total. The number of carbonyl (C=O) groups is 2. The summed E-state index contributed by atoms with van der Waals surface area (Å²) in [6, 6.07) is 14.9. The standard InChI is InChI=1S/C22H22N2O5/c1-3-12-24(14-21(26)23-16-9-5-7-11-19(16)28-2)22(27)20-13-17(25)15-8-4-6-10-18(15)29-20/h4-11,13H,3,12,14H2,1-2H3,(H,23,26). The third-order valence-corrected chi connectivity index (χ3v) is 4.34. The van der Waals surface area contributed by atoms with Gasteiger partial charge in [-0.25, -0.2) is 0 Å². The van der Waals surface area contributed by atoms with Crippen LogP contribution < -0.4 is 15.5 Å². The van der Waals surface area contributed by atoms with E-state index in [4.69, 9.17) is 9.15 Å². The number of anilines is 1. The van der Waals surface area contributed by atoms with Gasteiger partial charge in [-0.15, -0.1) is 0 Å². The minimum atomic E-state index is -0.509. The highest BCUT2D eigenvalue weighted by Crippen LogP contribution is 2.23. The number of hydrogen-bond acceptors (Lipinski definition) is 5. The molecule has 0 atom stereocenters. The Morgan fingerprint density at radius 2 is 1.83 bits per heavy atom. The maximum Gasteiger partial charge on any atom is 0.290 e. The number of carbonyl (C=O) groups excluding carboxylic acids is 2. The van der Waals surface area contributed by atoms with Gasteiger partial charge in [0.1, 0.15) is 17.9 Å². The first kappa shape index (κ1) is 20.1. The monoisotopic (exact) mass is 394 g/mol. The van der Waals surface area contributed by atoms with Crippen LogP contribution in [0.5, 0.6) is 5.75 Å². The van der Waals surface area contributed by atoms with E-state index in [1.807, 2.05) is 6.92 Å². The molecule has 1 heterocycles. The lowest BCUT2D eigenvalue weighted by atomic mass is 10.2. The number of hydrogen-bond donors (Lipinski definition) is 1. The number of para-hydroxylation sites is 3. The normalized spacial score (nSPS) is 10.6. The molecule has 0 aliphatic heterocycles. The second-order valence-corrected chi connectivity index (χ2v) is 6.45. The van der Waals surface area contributed by atoms with Gasteiger partial charge in [-0.05, 0) is 30.7 Å². The predicted octanol–water partition coefficient (Wildman–Crippen LogP) is 3.29. The van der Waals surface area contributed by atoms with E-state index in [1.54, 1.807) is 48.5 Å². The van der Waals surface area contributed by atoms with Gasteiger partial charge >= 0.3 is 0 Å². The zero-order chi connectivity index (χ0) is 20.8. The Balaban J connectivity index is 1.81. The molecule has 29 heavy (non-hydrogen) atoms. The van der Waals surface area contributed by atoms with Gasteiger partial charge in [0.25, 0.3) is 5.91 Å². The fraction of sp³-hybridized carbons (Fsp3) is 0.227. The van der Waals surface area contributed by atoms with Crippen LogP contribution in [0, 0.1) is 0 Å². The number of nitrogens with zero attached hydrogens (tertiary/aromatic N) is 1. The van der Waals surface area contributed by atoms with Crippen molar-refractivity contribution in [3.63, 3.8) is 0 Å². The Bertz CT molecular complexity index is 1090. The Hall–Kier alpha value is -3.61. The highest BCUT2D eigenvalue weighted by atomic mass is 16.5. The lowest BCUT2D eigenvalue weighted by Gasteiger charge is -2.21. The van der Waals surface area contributed by atoms with Crippen molar-refractivity contribution in [1.82, 2.24) is 4.90 Å². The van der Waals surface area contributed by atoms with Crippen LogP contribution in [0.2, 0.25) is 0 Å². The quantitative estimate of drug-likeness (QED) is 0.664. The minimum absolute atomic E-state index is 0.0905. The summed E-state index contributed by atoms with van der Waals surface area (Å²) in [4.78, 5) is 39.1. The number of methoxy groups -OCH3 is 1. The lowest BCUT2D eigenvalue weighted by molar-refractivity contribution is -0.116. The Labute approximate surface area is 167 Å². The van der Waals surface area contributed by atoms with Crippen LogP contribution >= 0.6 is 0 Å². The summed E-state index contributed by atoms with van der Waals surface area (Å²) < 4.78 is 10.8. The van der Waals surface area contributed by atoms with Crippen molar-refractivity contribution in [3.8, 4) is 5.75 Å². The molecular formula is C22H22N2O5. The lowest BCUT2D eigenvalue weighted by Crippen LogP contribution is -2.38. The Morgan fingerprint density at radius 1 is 1.10 bits per heavy atom. The minimum Gasteiger partial charge on any atom is -0.495 e. The van der Waals surface area contributed by atoms with Crippen LogP contribution in [0.1, 0.15) is 23.9 Å². The molecular weight excluding hydrogens is 372 g/mol. The summed E-state index contributed by atoms with van der Waals surface area (Å²) in [6.45, 7) is 2.06. The third-order valence-electron chi connectivity index (χ3n) is 4.34. The SMILES string of the molecule is CCCN(CC(=O)Nc1ccccc1OC)C(=O)c1cc(=O)c2ccccc2o1. The van der Waals surface area contributed by atoms with Gasteiger partial charge in [-0.1, -0.05) is 31.2 Å². The number of benzene rings is 2. The average Bonchev–Trinajstić information content (AvgIpc) is 2.73. The number of nitrogens with one attached hydrogen (secondary N) is 1. The summed E-state index contributed by atoms with van der Waals surface area (Å²) in [5, 5.41) is 3.15. The molecule has 3 rings (SSSR count). The molecule has 0 radical (unpaired) electrons. The largest absolute Gasteiger partial charge is 0.495 e. The molecule has 7 nitrogen and oxygen atoms in total. The average molecular weight is 394 g/mol. The molecule has 0 unspecified atom stereocenters. The van der Waals surface area contributed by atoms with Crippen molar-refractivity contribution in [2.75, 3.05) is 25.5 Å². The molecule has 2 amide bonds. The molecule has 0 spiro atoms. The van der Waals surface area contributed by atoms with Gasteiger partial charge in [0.15, 0.2) is 11.2 Å². The van der Waals surface area contributed by atoms with E-state index in [-0.39, 0.29) is 23.6 Å². The molecule has 0 saturated heterocycles. The zero-order valence-electron chi connectivity index (χ0n) is 16.3. The second-order valence-electron chi connectivity index (χ2n) is 6.45. The van der Waals surface area contributed by atoms with Crippen molar-refractivity contribution in [1.29, 1.82) is 0 Å². The zero-order valence-corrected chi connectivity index (χ0v) is 16.3. The molecule has 0 aliphatic rings. The summed E-state index contributed by atoms with van der Waals surface area (Å²) in [5.41, 5.74) is 0.546. The molecule has 2 aromatic carbocycles. The van der Waals surface area contributed by atoms with E-state index >= 15 is 0 Å². The summed E-state index contributed by atoms with van der Waals surface area (Å²) in [7, 11) is 1.51. The van der Waals surface area contributed by atoms with Crippen LogP contribution in [0.3, 0.4) is 0 Å². The summed E-state index contributed by atoms with van der Waals surface area (Å²) in [5.74, 6) is -0.452. The predicted molar refractivity (Wildman–Crippen MR) is 110 cm³/mol. The van der Waals surface area contributed by atoms with Gasteiger partial charge < -0.3 is 19.4 Å². The second kappa shape index (κ2) is 9.05. The molecule has 1 aromatic heterocycles. The van der Waals surface area contributed by atoms with Gasteiger partial charge in [-0.2, -0.15) is 0 Å². The molecule has 3 aromatic rings. The van der Waals surface area contributed by atoms with Crippen molar-refractivity contribution < 1.29 is 18.7 Å². The van der Waals surface area contributed by atoms with Gasteiger partial charge in [0.2, 0.25) is 5.91 Å². The van der Waals surface area contributed by atoms with E-state index in [2.05, 4.69) is 5.32 Å². The topological polar surface area (TPSA) is 88.9 Å². The van der Waals surface area contributed by atoms with Crippen LogP contribution in [0.4, 0.5) is 5.69 Å². The number of amides is 2. The van der Waals surface area contributed by atoms with Crippen LogP contribution in [-0.2, 0) is 4.79 Å². The molecule has 7 heteroatoms. The molecule has 0 saturated carbocycles. The van der Waals surface area contributed by atoms with Gasteiger partial charge in [-0.3, -0.25) is 14.4 Å². The van der Waals surface area contributed by atoms with E-state index in [0.29, 0.717) is 35.4 Å². The highest BCUT2D eigenvalue weighted by Gasteiger charge is 2.22. The fourth-order valence-corrected chi connectivity index (χ4v) is 3.00. The number of ether oxygens (including phenoxy) is 1. The van der Waals surface area contributed by atoms with Crippen molar-refractivity contribution in [2.45, 2.75) is 13.3 Å². The van der Waals surface area contributed by atoms with Gasteiger partial charge in [0, 0.05) is 12.6 Å². The number of fused-ring (bicyclic) bond motifs is 1. The van der Waals surface area contributed by atoms with Crippen molar-refractivity contribution >= 4 is 28.5 Å². The molecule has 0 aliphatic carbocycles. The van der Waals surface area contributed by atoms with Crippen molar-refractivity contribution in [2.24, 2.45) is 0 Å². The van der Waals surface area contributed by atoms with Gasteiger partial charge in [0.05, 0.1) is 18.2 Å². The van der Waals surface area contributed by atoms with E-state index in [0.717, 1.165) is 0 Å². The van der Waals surface area contributed by atoms with E-state index < -0.39 is 5.91 Å².